The van der Waals surface area contributed by atoms with Gasteiger partial charge in [0.25, 0.3) is 0 Å². The molecule has 21 heavy (non-hydrogen) atoms. The fraction of sp³-hybridized carbons (Fsp3) is 0.412. The molecule has 2 aromatic rings. The summed E-state index contributed by atoms with van der Waals surface area (Å²) in [7, 11) is 0. The highest BCUT2D eigenvalue weighted by Crippen LogP contribution is 2.25. The van der Waals surface area contributed by atoms with E-state index in [1.807, 2.05) is 6.07 Å². The number of ether oxygens (including phenoxy) is 1. The number of likely N-dealkylation sites (tertiary alicyclic amines) is 1. The van der Waals surface area contributed by atoms with E-state index in [1.165, 1.54) is 0 Å². The zero-order chi connectivity index (χ0) is 14.5. The molecule has 4 heteroatoms. The van der Waals surface area contributed by atoms with Crippen molar-refractivity contribution < 1.29 is 4.74 Å². The van der Waals surface area contributed by atoms with Gasteiger partial charge in [-0.25, -0.2) is 0 Å². The molecule has 3 nitrogen and oxygen atoms in total. The third-order valence-corrected chi connectivity index (χ3v) is 4.71. The minimum Gasteiger partial charge on any atom is -0.490 e. The van der Waals surface area contributed by atoms with Crippen LogP contribution in [0.15, 0.2) is 41.8 Å². The molecule has 0 saturated carbocycles. The number of nitrogens with one attached hydrogen (secondary N) is 1. The second kappa shape index (κ2) is 6.96. The van der Waals surface area contributed by atoms with Crippen LogP contribution in [0.2, 0.25) is 0 Å². The van der Waals surface area contributed by atoms with Gasteiger partial charge in [-0.15, -0.1) is 11.3 Å². The van der Waals surface area contributed by atoms with E-state index < -0.39 is 0 Å². The van der Waals surface area contributed by atoms with Crippen molar-refractivity contribution in [3.05, 3.63) is 41.8 Å². The third-order valence-electron chi connectivity index (χ3n) is 3.93. The van der Waals surface area contributed by atoms with Gasteiger partial charge in [-0.2, -0.15) is 0 Å². The lowest BCUT2D eigenvalue weighted by molar-refractivity contribution is 0.104. The number of nitrogens with zero attached hydrogens (tertiary/aromatic N) is 1. The van der Waals surface area contributed by atoms with Gasteiger partial charge in [0.05, 0.1) is 5.00 Å². The molecule has 0 unspecified atom stereocenters. The highest BCUT2D eigenvalue weighted by Gasteiger charge is 2.19. The Hall–Kier alpha value is -1.52. The second-order valence-electron chi connectivity index (χ2n) is 5.38. The minimum atomic E-state index is 0.365. The van der Waals surface area contributed by atoms with E-state index in [9.17, 15) is 0 Å². The van der Waals surface area contributed by atoms with Crippen LogP contribution in [0, 0.1) is 0 Å². The first-order valence-electron chi connectivity index (χ1n) is 7.63. The van der Waals surface area contributed by atoms with E-state index in [-0.39, 0.29) is 0 Å². The van der Waals surface area contributed by atoms with Crippen LogP contribution in [-0.4, -0.2) is 30.6 Å². The number of rotatable bonds is 5. The summed E-state index contributed by atoms with van der Waals surface area (Å²) in [5.74, 6) is 0.974. The number of thiophene rings is 1. The normalized spacial score (nSPS) is 16.8. The summed E-state index contributed by atoms with van der Waals surface area (Å²) >= 11 is 1.71. The number of anilines is 2. The van der Waals surface area contributed by atoms with Crippen molar-refractivity contribution in [2.45, 2.75) is 25.9 Å². The van der Waals surface area contributed by atoms with Crippen molar-refractivity contribution in [2.24, 2.45) is 0 Å². The van der Waals surface area contributed by atoms with Crippen LogP contribution in [0.1, 0.15) is 19.8 Å². The standard InChI is InChI=1S/C17H22N2OS/c1-2-19-11-9-16(10-12-19)20-15-7-5-14(6-8-15)18-17-4-3-13-21-17/h3-8,13,16,18H,2,9-12H2,1H3. The van der Waals surface area contributed by atoms with Crippen LogP contribution in [0.5, 0.6) is 5.75 Å². The summed E-state index contributed by atoms with van der Waals surface area (Å²) in [6.07, 6.45) is 2.62. The second-order valence-corrected chi connectivity index (χ2v) is 6.33. The average molecular weight is 302 g/mol. The van der Waals surface area contributed by atoms with Gasteiger partial charge in [0, 0.05) is 18.8 Å². The number of hydrogen-bond acceptors (Lipinski definition) is 4. The molecule has 0 bridgehead atoms. The van der Waals surface area contributed by atoms with E-state index in [0.29, 0.717) is 6.10 Å². The lowest BCUT2D eigenvalue weighted by Gasteiger charge is -2.31. The van der Waals surface area contributed by atoms with Gasteiger partial charge < -0.3 is 15.0 Å². The molecule has 2 heterocycles. The molecule has 1 saturated heterocycles. The third kappa shape index (κ3) is 3.99. The molecule has 1 aliphatic rings. The van der Waals surface area contributed by atoms with Crippen molar-refractivity contribution in [3.63, 3.8) is 0 Å². The monoisotopic (exact) mass is 302 g/mol. The largest absolute Gasteiger partial charge is 0.490 e. The predicted molar refractivity (Wildman–Crippen MR) is 89.8 cm³/mol. The molecule has 112 valence electrons. The molecular weight excluding hydrogens is 280 g/mol. The van der Waals surface area contributed by atoms with Gasteiger partial charge in [0.1, 0.15) is 11.9 Å². The molecule has 1 aliphatic heterocycles. The van der Waals surface area contributed by atoms with Crippen LogP contribution in [0.3, 0.4) is 0 Å². The first-order chi connectivity index (χ1) is 10.3. The van der Waals surface area contributed by atoms with Crippen molar-refractivity contribution in [3.8, 4) is 5.75 Å². The maximum Gasteiger partial charge on any atom is 0.119 e. The Morgan fingerprint density at radius 3 is 2.57 bits per heavy atom. The van der Waals surface area contributed by atoms with Crippen molar-refractivity contribution in [1.82, 2.24) is 4.90 Å². The van der Waals surface area contributed by atoms with E-state index in [4.69, 9.17) is 4.74 Å². The first kappa shape index (κ1) is 14.4. The predicted octanol–water partition coefficient (Wildman–Crippen LogP) is 4.35. The van der Waals surface area contributed by atoms with Crippen molar-refractivity contribution in [2.75, 3.05) is 25.0 Å². The maximum atomic E-state index is 6.09. The molecule has 0 radical (unpaired) electrons. The molecule has 0 aliphatic carbocycles. The Bertz CT molecular complexity index is 530. The average Bonchev–Trinajstić information content (AvgIpc) is 3.03. The van der Waals surface area contributed by atoms with Gasteiger partial charge >= 0.3 is 0 Å². The van der Waals surface area contributed by atoms with Crippen molar-refractivity contribution >= 4 is 22.0 Å². The number of benzene rings is 1. The summed E-state index contributed by atoms with van der Waals surface area (Å²) in [6.45, 7) is 5.68. The molecule has 1 aromatic carbocycles. The van der Waals surface area contributed by atoms with Crippen LogP contribution in [0.4, 0.5) is 10.7 Å². The molecule has 3 rings (SSSR count). The summed E-state index contributed by atoms with van der Waals surface area (Å²) in [6, 6.07) is 12.4. The Morgan fingerprint density at radius 2 is 1.95 bits per heavy atom. The lowest BCUT2D eigenvalue weighted by atomic mass is 10.1. The Morgan fingerprint density at radius 1 is 1.19 bits per heavy atom. The summed E-state index contributed by atoms with van der Waals surface area (Å²) in [4.78, 5) is 2.48. The molecule has 1 fully saturated rings. The topological polar surface area (TPSA) is 24.5 Å². The van der Waals surface area contributed by atoms with Gasteiger partial charge in [0.2, 0.25) is 0 Å². The van der Waals surface area contributed by atoms with Gasteiger partial charge in [-0.3, -0.25) is 0 Å². The molecular formula is C17H22N2OS. The van der Waals surface area contributed by atoms with Gasteiger partial charge in [-0.1, -0.05) is 6.92 Å². The van der Waals surface area contributed by atoms with Crippen molar-refractivity contribution in [1.29, 1.82) is 0 Å². The van der Waals surface area contributed by atoms with Crippen LogP contribution < -0.4 is 10.1 Å². The Labute approximate surface area is 130 Å². The fourth-order valence-corrected chi connectivity index (χ4v) is 3.28. The maximum absolute atomic E-state index is 6.09. The van der Waals surface area contributed by atoms with Crippen LogP contribution in [0.25, 0.3) is 0 Å². The summed E-state index contributed by atoms with van der Waals surface area (Å²) < 4.78 is 6.09. The Balaban J connectivity index is 1.53. The number of piperidine rings is 1. The van der Waals surface area contributed by atoms with Gasteiger partial charge in [0.15, 0.2) is 0 Å². The summed E-state index contributed by atoms with van der Waals surface area (Å²) in [5.41, 5.74) is 1.10. The number of hydrogen-bond donors (Lipinski definition) is 1. The smallest absolute Gasteiger partial charge is 0.119 e. The molecule has 1 N–H and O–H groups in total. The van der Waals surface area contributed by atoms with E-state index in [1.54, 1.807) is 11.3 Å². The molecule has 0 spiro atoms. The zero-order valence-electron chi connectivity index (χ0n) is 12.4. The fourth-order valence-electron chi connectivity index (χ4n) is 2.64. The molecule has 1 aromatic heterocycles. The Kier molecular flexibility index (Phi) is 4.78. The highest BCUT2D eigenvalue weighted by atomic mass is 32.1. The lowest BCUT2D eigenvalue weighted by Crippen LogP contribution is -2.37. The summed E-state index contributed by atoms with van der Waals surface area (Å²) in [5, 5.41) is 6.62. The van der Waals surface area contributed by atoms with Crippen LogP contribution in [-0.2, 0) is 0 Å². The first-order valence-corrected chi connectivity index (χ1v) is 8.51. The molecule has 0 amide bonds. The SMILES string of the molecule is CCN1CCC(Oc2ccc(Nc3cccs3)cc2)CC1. The van der Waals surface area contributed by atoms with Gasteiger partial charge in [-0.05, 0) is 61.2 Å². The van der Waals surface area contributed by atoms with Crippen LogP contribution >= 0.6 is 11.3 Å². The van der Waals surface area contributed by atoms with E-state index in [0.717, 1.165) is 48.9 Å². The van der Waals surface area contributed by atoms with E-state index >= 15 is 0 Å². The quantitative estimate of drug-likeness (QED) is 0.888. The highest BCUT2D eigenvalue weighted by molar-refractivity contribution is 7.14. The minimum absolute atomic E-state index is 0.365. The molecule has 0 atom stereocenters. The zero-order valence-corrected chi connectivity index (χ0v) is 13.2. The van der Waals surface area contributed by atoms with E-state index in [2.05, 4.69) is 52.9 Å².